The Morgan fingerprint density at radius 2 is 1.88 bits per heavy atom. The summed E-state index contributed by atoms with van der Waals surface area (Å²) >= 11 is 0. The van der Waals surface area contributed by atoms with Crippen LogP contribution in [0.5, 0.6) is 0 Å². The summed E-state index contributed by atoms with van der Waals surface area (Å²) in [5, 5.41) is 11.9. The van der Waals surface area contributed by atoms with Crippen LogP contribution >= 0.6 is 0 Å². The molecule has 0 unspecified atom stereocenters. The summed E-state index contributed by atoms with van der Waals surface area (Å²) in [4.78, 5) is 23.0. The van der Waals surface area contributed by atoms with Gasteiger partial charge in [0.1, 0.15) is 6.04 Å². The Balaban J connectivity index is 2.59. The second-order valence-corrected chi connectivity index (χ2v) is 5.03. The summed E-state index contributed by atoms with van der Waals surface area (Å²) in [5.41, 5.74) is 0. The van der Waals surface area contributed by atoms with E-state index in [9.17, 15) is 14.7 Å². The molecule has 0 aromatic carbocycles. The van der Waals surface area contributed by atoms with Crippen LogP contribution in [0.2, 0.25) is 0 Å². The number of carboxylic acid groups (broad SMARTS) is 1. The van der Waals surface area contributed by atoms with Crippen molar-refractivity contribution in [2.75, 3.05) is 0 Å². The third-order valence-electron chi connectivity index (χ3n) is 3.75. The van der Waals surface area contributed by atoms with E-state index in [0.717, 1.165) is 32.1 Å². The van der Waals surface area contributed by atoms with Crippen molar-refractivity contribution < 1.29 is 14.7 Å². The highest BCUT2D eigenvalue weighted by molar-refractivity contribution is 5.84. The van der Waals surface area contributed by atoms with E-state index in [1.54, 1.807) is 0 Å². The van der Waals surface area contributed by atoms with Gasteiger partial charge < -0.3 is 10.4 Å². The fraction of sp³-hybridized carbons (Fsp3) is 0.846. The largest absolute Gasteiger partial charge is 0.480 e. The van der Waals surface area contributed by atoms with Gasteiger partial charge in [0.05, 0.1) is 0 Å². The Kier molecular flexibility index (Phi) is 5.45. The van der Waals surface area contributed by atoms with Crippen LogP contribution in [0.15, 0.2) is 0 Å². The standard InChI is InChI=1S/C13H23NO3/c1-3-9(2)12(15)14-11(13(16)17)10-7-5-4-6-8-10/h9-11H,3-8H2,1-2H3,(H,14,15)(H,16,17)/t9-,11+/m1/s1. The minimum Gasteiger partial charge on any atom is -0.480 e. The van der Waals surface area contributed by atoms with Gasteiger partial charge in [-0.25, -0.2) is 4.79 Å². The third kappa shape index (κ3) is 4.02. The van der Waals surface area contributed by atoms with Crippen molar-refractivity contribution in [2.24, 2.45) is 11.8 Å². The molecule has 0 heterocycles. The Hall–Kier alpha value is -1.06. The molecule has 2 N–H and O–H groups in total. The topological polar surface area (TPSA) is 66.4 Å². The van der Waals surface area contributed by atoms with Gasteiger partial charge in [0.15, 0.2) is 0 Å². The Morgan fingerprint density at radius 3 is 2.35 bits per heavy atom. The van der Waals surface area contributed by atoms with E-state index in [4.69, 9.17) is 0 Å². The second-order valence-electron chi connectivity index (χ2n) is 5.03. The summed E-state index contributed by atoms with van der Waals surface area (Å²) < 4.78 is 0. The van der Waals surface area contributed by atoms with Crippen molar-refractivity contribution >= 4 is 11.9 Å². The lowest BCUT2D eigenvalue weighted by Gasteiger charge is -2.28. The first-order chi connectivity index (χ1) is 8.06. The average molecular weight is 241 g/mol. The highest BCUT2D eigenvalue weighted by Crippen LogP contribution is 2.26. The van der Waals surface area contributed by atoms with Crippen molar-refractivity contribution in [1.29, 1.82) is 0 Å². The summed E-state index contributed by atoms with van der Waals surface area (Å²) in [7, 11) is 0. The molecule has 0 spiro atoms. The van der Waals surface area contributed by atoms with Crippen molar-refractivity contribution in [2.45, 2.75) is 58.4 Å². The highest BCUT2D eigenvalue weighted by atomic mass is 16.4. The maximum absolute atomic E-state index is 11.8. The van der Waals surface area contributed by atoms with Gasteiger partial charge in [-0.15, -0.1) is 0 Å². The molecule has 0 aliphatic heterocycles. The Morgan fingerprint density at radius 1 is 1.29 bits per heavy atom. The quantitative estimate of drug-likeness (QED) is 0.775. The van der Waals surface area contributed by atoms with Gasteiger partial charge in [-0.2, -0.15) is 0 Å². The molecular formula is C13H23NO3. The molecule has 1 amide bonds. The van der Waals surface area contributed by atoms with Gasteiger partial charge >= 0.3 is 5.97 Å². The number of hydrogen-bond donors (Lipinski definition) is 2. The van der Waals surface area contributed by atoms with Crippen LogP contribution in [0.3, 0.4) is 0 Å². The Bertz CT molecular complexity index is 272. The molecule has 2 atom stereocenters. The zero-order chi connectivity index (χ0) is 12.8. The number of amides is 1. The maximum atomic E-state index is 11.8. The number of carbonyl (C=O) groups excluding carboxylic acids is 1. The van der Waals surface area contributed by atoms with E-state index < -0.39 is 12.0 Å². The van der Waals surface area contributed by atoms with E-state index >= 15 is 0 Å². The van der Waals surface area contributed by atoms with Crippen molar-refractivity contribution in [3.63, 3.8) is 0 Å². The van der Waals surface area contributed by atoms with E-state index in [0.29, 0.717) is 0 Å². The summed E-state index contributed by atoms with van der Waals surface area (Å²) in [6.07, 6.45) is 5.90. The molecule has 1 aliphatic rings. The minimum atomic E-state index is -0.895. The summed E-state index contributed by atoms with van der Waals surface area (Å²) in [6.45, 7) is 3.76. The van der Waals surface area contributed by atoms with Gasteiger partial charge in [0.25, 0.3) is 0 Å². The minimum absolute atomic E-state index is 0.106. The predicted molar refractivity (Wildman–Crippen MR) is 65.6 cm³/mol. The lowest BCUT2D eigenvalue weighted by Crippen LogP contribution is -2.48. The van der Waals surface area contributed by atoms with Crippen LogP contribution in [0.4, 0.5) is 0 Å². The predicted octanol–water partition coefficient (Wildman–Crippen LogP) is 2.18. The zero-order valence-electron chi connectivity index (χ0n) is 10.7. The van der Waals surface area contributed by atoms with Gasteiger partial charge in [-0.05, 0) is 25.2 Å². The molecule has 4 nitrogen and oxygen atoms in total. The molecule has 0 saturated heterocycles. The number of rotatable bonds is 5. The van der Waals surface area contributed by atoms with Gasteiger partial charge in [-0.3, -0.25) is 4.79 Å². The highest BCUT2D eigenvalue weighted by Gasteiger charge is 2.31. The van der Waals surface area contributed by atoms with Crippen LogP contribution in [0.1, 0.15) is 52.4 Å². The molecule has 1 aliphatic carbocycles. The van der Waals surface area contributed by atoms with E-state index in [2.05, 4.69) is 5.32 Å². The molecule has 1 fully saturated rings. The van der Waals surface area contributed by atoms with Crippen LogP contribution in [0.25, 0.3) is 0 Å². The van der Waals surface area contributed by atoms with Crippen molar-refractivity contribution in [3.8, 4) is 0 Å². The maximum Gasteiger partial charge on any atom is 0.326 e. The smallest absolute Gasteiger partial charge is 0.326 e. The normalized spacial score (nSPS) is 20.6. The van der Waals surface area contributed by atoms with Gasteiger partial charge in [0.2, 0.25) is 5.91 Å². The molecule has 0 aromatic rings. The fourth-order valence-corrected chi connectivity index (χ4v) is 2.33. The second kappa shape index (κ2) is 6.62. The number of hydrogen-bond acceptors (Lipinski definition) is 2. The molecule has 1 saturated carbocycles. The monoisotopic (exact) mass is 241 g/mol. The summed E-state index contributed by atoms with van der Waals surface area (Å²) in [6, 6.07) is -0.697. The van der Waals surface area contributed by atoms with Crippen LogP contribution in [0, 0.1) is 11.8 Å². The fourth-order valence-electron chi connectivity index (χ4n) is 2.33. The first-order valence-electron chi connectivity index (χ1n) is 6.59. The number of carbonyl (C=O) groups is 2. The lowest BCUT2D eigenvalue weighted by atomic mass is 9.83. The van der Waals surface area contributed by atoms with Gasteiger partial charge in [-0.1, -0.05) is 33.1 Å². The van der Waals surface area contributed by atoms with E-state index in [1.807, 2.05) is 13.8 Å². The molecule has 4 heteroatoms. The molecule has 0 radical (unpaired) electrons. The molecule has 0 aromatic heterocycles. The molecule has 0 bridgehead atoms. The first-order valence-corrected chi connectivity index (χ1v) is 6.59. The molecular weight excluding hydrogens is 218 g/mol. The third-order valence-corrected chi connectivity index (χ3v) is 3.75. The zero-order valence-corrected chi connectivity index (χ0v) is 10.7. The van der Waals surface area contributed by atoms with Crippen LogP contribution in [-0.2, 0) is 9.59 Å². The molecule has 17 heavy (non-hydrogen) atoms. The van der Waals surface area contributed by atoms with Crippen molar-refractivity contribution in [3.05, 3.63) is 0 Å². The Labute approximate surface area is 103 Å². The first kappa shape index (κ1) is 14.0. The van der Waals surface area contributed by atoms with E-state index in [-0.39, 0.29) is 17.7 Å². The number of nitrogens with one attached hydrogen (secondary N) is 1. The van der Waals surface area contributed by atoms with Crippen LogP contribution in [-0.4, -0.2) is 23.0 Å². The summed E-state index contributed by atoms with van der Waals surface area (Å²) in [5.74, 6) is -1.03. The SMILES string of the molecule is CC[C@@H](C)C(=O)N[C@H](C(=O)O)C1CCCCC1. The number of carboxylic acids is 1. The van der Waals surface area contributed by atoms with E-state index in [1.165, 1.54) is 6.42 Å². The average Bonchev–Trinajstić information content (AvgIpc) is 2.35. The molecule has 1 rings (SSSR count). The van der Waals surface area contributed by atoms with Crippen LogP contribution < -0.4 is 5.32 Å². The number of aliphatic carboxylic acids is 1. The lowest BCUT2D eigenvalue weighted by molar-refractivity contribution is -0.144. The van der Waals surface area contributed by atoms with Gasteiger partial charge in [0, 0.05) is 5.92 Å². The molecule has 98 valence electrons. The van der Waals surface area contributed by atoms with Crippen molar-refractivity contribution in [1.82, 2.24) is 5.32 Å².